The van der Waals surface area contributed by atoms with Crippen molar-refractivity contribution in [3.05, 3.63) is 33.8 Å². The van der Waals surface area contributed by atoms with Crippen LogP contribution in [0.5, 0.6) is 0 Å². The second-order valence-corrected chi connectivity index (χ2v) is 6.72. The highest BCUT2D eigenvalue weighted by molar-refractivity contribution is 6.35. The number of hydrogen-bond acceptors (Lipinski definition) is 4. The van der Waals surface area contributed by atoms with E-state index in [2.05, 4.69) is 0 Å². The van der Waals surface area contributed by atoms with Crippen molar-refractivity contribution in [2.75, 3.05) is 0 Å². The first kappa shape index (κ1) is 15.6. The number of rotatable bonds is 4. The van der Waals surface area contributed by atoms with E-state index in [0.29, 0.717) is 28.5 Å². The number of halogens is 2. The van der Waals surface area contributed by atoms with Crippen LogP contribution in [0.15, 0.2) is 18.2 Å². The van der Waals surface area contributed by atoms with Crippen molar-refractivity contribution in [3.8, 4) is 0 Å². The molecular weight excluding hydrogens is 329 g/mol. The number of carbonyl (C=O) groups excluding carboxylic acids is 1. The summed E-state index contributed by atoms with van der Waals surface area (Å²) in [7, 11) is 0. The first-order valence-corrected chi connectivity index (χ1v) is 7.73. The lowest BCUT2D eigenvalue weighted by atomic mass is 9.91. The molecule has 1 aromatic rings. The van der Waals surface area contributed by atoms with Crippen LogP contribution in [0, 0.1) is 17.8 Å². The molecule has 0 spiro atoms. The van der Waals surface area contributed by atoms with Crippen LogP contribution in [0.2, 0.25) is 10.0 Å². The van der Waals surface area contributed by atoms with Crippen LogP contribution in [-0.4, -0.2) is 22.6 Å². The van der Waals surface area contributed by atoms with E-state index in [1.165, 1.54) is 0 Å². The molecule has 0 radical (unpaired) electrons. The lowest BCUT2D eigenvalue weighted by Gasteiger charge is -2.24. The molecule has 3 N–H and O–H groups in total. The molecule has 0 saturated heterocycles. The third-order valence-corrected chi connectivity index (χ3v) is 5.44. The van der Waals surface area contributed by atoms with Crippen LogP contribution in [0.3, 0.4) is 0 Å². The Kier molecular flexibility index (Phi) is 3.83. The molecule has 0 aliphatic heterocycles. The number of aliphatic carboxylic acids is 1. The predicted octanol–water partition coefficient (Wildman–Crippen LogP) is 2.47. The maximum atomic E-state index is 12.3. The molecule has 4 unspecified atom stereocenters. The van der Waals surface area contributed by atoms with Crippen molar-refractivity contribution >= 4 is 35.1 Å². The van der Waals surface area contributed by atoms with Gasteiger partial charge < -0.3 is 15.6 Å². The zero-order chi connectivity index (χ0) is 16.1. The number of ether oxygens (including phenoxy) is 1. The maximum Gasteiger partial charge on any atom is 0.326 e. The summed E-state index contributed by atoms with van der Waals surface area (Å²) >= 11 is 12.0. The fourth-order valence-electron chi connectivity index (χ4n) is 3.52. The molecule has 2 fully saturated rings. The predicted molar refractivity (Wildman–Crippen MR) is 80.5 cm³/mol. The quantitative estimate of drug-likeness (QED) is 0.819. The van der Waals surface area contributed by atoms with Gasteiger partial charge in [-0.05, 0) is 30.9 Å². The van der Waals surface area contributed by atoms with Gasteiger partial charge in [-0.3, -0.25) is 9.59 Å². The number of hydrogen-bond donors (Lipinski definition) is 2. The SMILES string of the molecule is NC1(C(=O)OCc2c(Cl)cccc2Cl)CCC2C(C(=O)O)C21. The molecule has 2 saturated carbocycles. The van der Waals surface area contributed by atoms with Crippen LogP contribution >= 0.6 is 23.2 Å². The third kappa shape index (κ3) is 2.37. The van der Waals surface area contributed by atoms with E-state index in [-0.39, 0.29) is 18.4 Å². The van der Waals surface area contributed by atoms with Crippen molar-refractivity contribution in [1.82, 2.24) is 0 Å². The number of carbonyl (C=O) groups is 2. The first-order valence-electron chi connectivity index (χ1n) is 6.98. The smallest absolute Gasteiger partial charge is 0.326 e. The molecule has 0 bridgehead atoms. The average Bonchev–Trinajstić information content (AvgIpc) is 3.10. The highest BCUT2D eigenvalue weighted by Crippen LogP contribution is 2.61. The number of nitrogens with two attached hydrogens (primary N) is 1. The summed E-state index contributed by atoms with van der Waals surface area (Å²) in [4.78, 5) is 23.5. The van der Waals surface area contributed by atoms with Crippen molar-refractivity contribution in [2.24, 2.45) is 23.5 Å². The third-order valence-electron chi connectivity index (χ3n) is 4.73. The normalized spacial score (nSPS) is 32.4. The number of fused-ring (bicyclic) bond motifs is 1. The molecule has 1 aromatic carbocycles. The zero-order valence-electron chi connectivity index (χ0n) is 11.6. The van der Waals surface area contributed by atoms with E-state index >= 15 is 0 Å². The highest BCUT2D eigenvalue weighted by Gasteiger charge is 2.70. The van der Waals surface area contributed by atoms with Gasteiger partial charge in [0.05, 0.1) is 5.92 Å². The zero-order valence-corrected chi connectivity index (χ0v) is 13.1. The maximum absolute atomic E-state index is 12.3. The Morgan fingerprint density at radius 2 is 2.00 bits per heavy atom. The van der Waals surface area contributed by atoms with Crippen molar-refractivity contribution < 1.29 is 19.4 Å². The molecule has 3 rings (SSSR count). The second kappa shape index (κ2) is 5.41. The van der Waals surface area contributed by atoms with E-state index in [0.717, 1.165) is 0 Å². The minimum Gasteiger partial charge on any atom is -0.481 e. The molecule has 2 aliphatic rings. The van der Waals surface area contributed by atoms with Gasteiger partial charge in [-0.1, -0.05) is 29.3 Å². The largest absolute Gasteiger partial charge is 0.481 e. The number of benzene rings is 1. The molecule has 7 heteroatoms. The molecule has 0 amide bonds. The van der Waals surface area contributed by atoms with Gasteiger partial charge in [0, 0.05) is 21.5 Å². The fraction of sp³-hybridized carbons (Fsp3) is 0.467. The standard InChI is InChI=1S/C15H15Cl2NO4/c16-9-2-1-3-10(17)8(9)6-22-14(21)15(18)5-4-7-11(12(7)15)13(19)20/h1-3,7,11-12H,4-6,18H2,(H,19,20). The van der Waals surface area contributed by atoms with E-state index < -0.39 is 23.4 Å². The molecule has 4 atom stereocenters. The highest BCUT2D eigenvalue weighted by atomic mass is 35.5. The Hall–Kier alpha value is -1.30. The lowest BCUT2D eigenvalue weighted by molar-refractivity contribution is -0.152. The molecule has 5 nitrogen and oxygen atoms in total. The van der Waals surface area contributed by atoms with E-state index in [4.69, 9.17) is 38.8 Å². The van der Waals surface area contributed by atoms with Crippen LogP contribution in [0.4, 0.5) is 0 Å². The van der Waals surface area contributed by atoms with Gasteiger partial charge in [0.15, 0.2) is 0 Å². The second-order valence-electron chi connectivity index (χ2n) is 5.91. The molecular formula is C15H15Cl2NO4. The first-order chi connectivity index (χ1) is 10.4. The summed E-state index contributed by atoms with van der Waals surface area (Å²) in [6, 6.07) is 5.01. The number of carboxylic acid groups (broad SMARTS) is 1. The van der Waals surface area contributed by atoms with Gasteiger partial charge in [0.25, 0.3) is 0 Å². The summed E-state index contributed by atoms with van der Waals surface area (Å²) in [5.41, 5.74) is 5.45. The van der Waals surface area contributed by atoms with Gasteiger partial charge >= 0.3 is 11.9 Å². The van der Waals surface area contributed by atoms with Crippen LogP contribution in [0.1, 0.15) is 18.4 Å². The molecule has 118 valence electrons. The Morgan fingerprint density at radius 3 is 2.55 bits per heavy atom. The lowest BCUT2D eigenvalue weighted by Crippen LogP contribution is -2.50. The Morgan fingerprint density at radius 1 is 1.36 bits per heavy atom. The Balaban J connectivity index is 1.69. The summed E-state index contributed by atoms with van der Waals surface area (Å²) in [5, 5.41) is 9.93. The van der Waals surface area contributed by atoms with E-state index in [9.17, 15) is 9.59 Å². The minimum atomic E-state index is -1.22. The van der Waals surface area contributed by atoms with E-state index in [1.807, 2.05) is 0 Å². The van der Waals surface area contributed by atoms with Crippen molar-refractivity contribution in [1.29, 1.82) is 0 Å². The molecule has 0 aromatic heterocycles. The molecule has 2 aliphatic carbocycles. The Labute approximate surface area is 137 Å². The van der Waals surface area contributed by atoms with E-state index in [1.54, 1.807) is 18.2 Å². The molecule has 22 heavy (non-hydrogen) atoms. The topological polar surface area (TPSA) is 89.6 Å². The van der Waals surface area contributed by atoms with Gasteiger partial charge in [-0.25, -0.2) is 0 Å². The van der Waals surface area contributed by atoms with Crippen molar-refractivity contribution in [2.45, 2.75) is 25.0 Å². The summed E-state index contributed by atoms with van der Waals surface area (Å²) in [6.45, 7) is -0.0780. The minimum absolute atomic E-state index is 0.0149. The summed E-state index contributed by atoms with van der Waals surface area (Å²) in [5.74, 6) is -2.36. The average molecular weight is 344 g/mol. The van der Waals surface area contributed by atoms with Crippen LogP contribution in [-0.2, 0) is 20.9 Å². The fourth-order valence-corrected chi connectivity index (χ4v) is 4.03. The summed E-state index contributed by atoms with van der Waals surface area (Å²) in [6.07, 6.45) is 1.08. The van der Waals surface area contributed by atoms with Crippen molar-refractivity contribution in [3.63, 3.8) is 0 Å². The summed E-state index contributed by atoms with van der Waals surface area (Å²) < 4.78 is 5.28. The number of esters is 1. The van der Waals surface area contributed by atoms with Gasteiger partial charge in [-0.15, -0.1) is 0 Å². The monoisotopic (exact) mass is 343 g/mol. The molecule has 0 heterocycles. The Bertz CT molecular complexity index is 630. The van der Waals surface area contributed by atoms with Gasteiger partial charge in [0.1, 0.15) is 12.1 Å². The van der Waals surface area contributed by atoms with Crippen LogP contribution < -0.4 is 5.73 Å². The van der Waals surface area contributed by atoms with Gasteiger partial charge in [0.2, 0.25) is 0 Å². The number of carboxylic acids is 1. The van der Waals surface area contributed by atoms with Gasteiger partial charge in [-0.2, -0.15) is 0 Å². The van der Waals surface area contributed by atoms with Crippen LogP contribution in [0.25, 0.3) is 0 Å².